The molecule has 1 aliphatic heterocycles. The molecule has 7 rings (SSSR count). The first kappa shape index (κ1) is 28.8. The van der Waals surface area contributed by atoms with Crippen LogP contribution in [0.1, 0.15) is 40.1 Å². The normalized spacial score (nSPS) is 18.6. The average molecular weight is 615 g/mol. The Balaban J connectivity index is 1.33. The third kappa shape index (κ3) is 5.16. The molecule has 0 radical (unpaired) electrons. The number of nitrogens with zero attached hydrogens (tertiary/aromatic N) is 6. The number of ether oxygens (including phenoxy) is 1. The lowest BCUT2D eigenvalue weighted by molar-refractivity contribution is 0.0606. The number of aryl methyl sites for hydroxylation is 1. The van der Waals surface area contributed by atoms with Crippen molar-refractivity contribution in [2.75, 3.05) is 20.2 Å². The van der Waals surface area contributed by atoms with Gasteiger partial charge in [0.25, 0.3) is 11.8 Å². The molecular formula is C32H32F2N8O3. The van der Waals surface area contributed by atoms with E-state index < -0.39 is 29.6 Å². The number of pyridine rings is 2. The van der Waals surface area contributed by atoms with Crippen molar-refractivity contribution in [3.8, 4) is 28.5 Å². The van der Waals surface area contributed by atoms with Crippen molar-refractivity contribution in [1.29, 1.82) is 0 Å². The highest BCUT2D eigenvalue weighted by Gasteiger charge is 2.31. The Morgan fingerprint density at radius 1 is 1.11 bits per heavy atom. The van der Waals surface area contributed by atoms with E-state index in [1.807, 2.05) is 23.7 Å². The van der Waals surface area contributed by atoms with Crippen molar-refractivity contribution in [3.63, 3.8) is 0 Å². The molecule has 2 amide bonds. The van der Waals surface area contributed by atoms with Gasteiger partial charge in [-0.05, 0) is 61.6 Å². The number of alkyl halides is 1. The van der Waals surface area contributed by atoms with E-state index in [1.54, 1.807) is 18.2 Å². The fourth-order valence-electron chi connectivity index (χ4n) is 6.22. The van der Waals surface area contributed by atoms with E-state index in [1.165, 1.54) is 24.3 Å². The van der Waals surface area contributed by atoms with Crippen molar-refractivity contribution >= 4 is 33.9 Å². The van der Waals surface area contributed by atoms with E-state index in [0.717, 1.165) is 23.9 Å². The van der Waals surface area contributed by atoms with Gasteiger partial charge in [-0.15, -0.1) is 0 Å². The van der Waals surface area contributed by atoms with Gasteiger partial charge in [-0.1, -0.05) is 0 Å². The van der Waals surface area contributed by atoms with Crippen LogP contribution >= 0.6 is 0 Å². The molecule has 1 aromatic carbocycles. The van der Waals surface area contributed by atoms with Crippen LogP contribution in [0.25, 0.3) is 44.8 Å². The summed E-state index contributed by atoms with van der Waals surface area (Å²) >= 11 is 0. The number of rotatable bonds is 7. The van der Waals surface area contributed by atoms with E-state index in [2.05, 4.69) is 9.55 Å². The number of amides is 2. The van der Waals surface area contributed by atoms with E-state index in [4.69, 9.17) is 26.2 Å². The predicted molar refractivity (Wildman–Crippen MR) is 164 cm³/mol. The second kappa shape index (κ2) is 10.9. The van der Waals surface area contributed by atoms with Gasteiger partial charge in [-0.3, -0.25) is 9.59 Å². The van der Waals surface area contributed by atoms with Gasteiger partial charge < -0.3 is 30.2 Å². The number of piperidine rings is 1. The standard InChI is InChI=1S/C32H32F2N8O3/c1-40-28-24(8-18(10-26(28)45-2)32(44)41-14-20(33)11-21(35)15-41)39-31(40)25-9-17-5-6-23(38-30(17)42(25)13-16-3-4-16)19-7-22(34)27(29(36)43)37-12-19/h5-10,12,16,20-21H,3-4,11,13-15,35H2,1-2H3,(H2,36,43)/t20-,21-/m1/s1. The first-order chi connectivity index (χ1) is 21.6. The number of hydrogen-bond donors (Lipinski definition) is 2. The molecular weight excluding hydrogens is 582 g/mol. The summed E-state index contributed by atoms with van der Waals surface area (Å²) in [5.74, 6) is -0.470. The fraction of sp³-hybridized carbons (Fsp3) is 0.344. The molecule has 232 valence electrons. The third-order valence-electron chi connectivity index (χ3n) is 8.60. The van der Waals surface area contributed by atoms with Gasteiger partial charge in [0.05, 0.1) is 30.6 Å². The summed E-state index contributed by atoms with van der Waals surface area (Å²) in [5, 5.41) is 0.869. The van der Waals surface area contributed by atoms with Gasteiger partial charge in [-0.25, -0.2) is 23.7 Å². The quantitative estimate of drug-likeness (QED) is 0.283. The Bertz CT molecular complexity index is 1990. The molecule has 0 spiro atoms. The number of carbonyl (C=O) groups is 2. The van der Waals surface area contributed by atoms with Crippen LogP contribution in [0.3, 0.4) is 0 Å². The second-order valence-electron chi connectivity index (χ2n) is 12.0. The Morgan fingerprint density at radius 3 is 2.60 bits per heavy atom. The van der Waals surface area contributed by atoms with Gasteiger partial charge in [0.2, 0.25) is 0 Å². The summed E-state index contributed by atoms with van der Waals surface area (Å²) in [6, 6.07) is 9.85. The number of likely N-dealkylation sites (tertiary alicyclic amines) is 1. The van der Waals surface area contributed by atoms with E-state index in [9.17, 15) is 18.4 Å². The van der Waals surface area contributed by atoms with Gasteiger partial charge in [0.15, 0.2) is 17.3 Å². The minimum absolute atomic E-state index is 0.00535. The molecule has 1 saturated carbocycles. The SMILES string of the molecule is COc1cc(C(=O)N2C[C@H](N)C[C@@H](F)C2)cc2nc(-c3cc4ccc(-c5cnc(C(N)=O)c(F)c5)nc4n3CC3CC3)n(C)c12. The lowest BCUT2D eigenvalue weighted by Gasteiger charge is -2.33. The number of halogens is 2. The maximum Gasteiger partial charge on any atom is 0.270 e. The smallest absolute Gasteiger partial charge is 0.270 e. The monoisotopic (exact) mass is 614 g/mol. The highest BCUT2D eigenvalue weighted by atomic mass is 19.1. The summed E-state index contributed by atoms with van der Waals surface area (Å²) < 4.78 is 38.6. The van der Waals surface area contributed by atoms with Gasteiger partial charge >= 0.3 is 0 Å². The van der Waals surface area contributed by atoms with Crippen LogP contribution in [0.15, 0.2) is 42.6 Å². The minimum atomic E-state index is -1.17. The maximum absolute atomic E-state index is 14.5. The van der Waals surface area contributed by atoms with Crippen molar-refractivity contribution in [2.45, 2.75) is 38.0 Å². The van der Waals surface area contributed by atoms with Gasteiger partial charge in [-0.2, -0.15) is 0 Å². The Kier molecular flexibility index (Phi) is 6.99. The zero-order chi connectivity index (χ0) is 31.6. The number of nitrogens with two attached hydrogens (primary N) is 2. The molecule has 1 aliphatic carbocycles. The molecule has 4 N–H and O–H groups in total. The Hall–Kier alpha value is -4.91. The molecule has 2 atom stereocenters. The summed E-state index contributed by atoms with van der Waals surface area (Å²) in [4.78, 5) is 40.1. The van der Waals surface area contributed by atoms with Crippen molar-refractivity contribution < 1.29 is 23.1 Å². The summed E-state index contributed by atoms with van der Waals surface area (Å²) in [5.41, 5.74) is 14.8. The number of benzene rings is 1. The molecule has 13 heteroatoms. The highest BCUT2D eigenvalue weighted by Crippen LogP contribution is 2.38. The summed E-state index contributed by atoms with van der Waals surface area (Å²) in [7, 11) is 3.42. The number of aromatic nitrogens is 5. The van der Waals surface area contributed by atoms with E-state index in [-0.39, 0.29) is 25.4 Å². The van der Waals surface area contributed by atoms with Gasteiger partial charge in [0.1, 0.15) is 23.1 Å². The molecule has 2 aliphatic rings. The topological polar surface area (TPSA) is 147 Å². The molecule has 5 heterocycles. The fourth-order valence-corrected chi connectivity index (χ4v) is 6.22. The zero-order valence-electron chi connectivity index (χ0n) is 24.8. The van der Waals surface area contributed by atoms with Crippen LogP contribution in [-0.2, 0) is 13.6 Å². The molecule has 0 bridgehead atoms. The number of hydrogen-bond acceptors (Lipinski definition) is 7. The lowest BCUT2D eigenvalue weighted by Crippen LogP contribution is -2.50. The van der Waals surface area contributed by atoms with Crippen molar-refractivity contribution in [1.82, 2.24) is 29.0 Å². The molecule has 2 fully saturated rings. The van der Waals surface area contributed by atoms with Crippen LogP contribution < -0.4 is 16.2 Å². The van der Waals surface area contributed by atoms with Crippen LogP contribution in [0.2, 0.25) is 0 Å². The number of primary amides is 1. The summed E-state index contributed by atoms with van der Waals surface area (Å²) in [6.07, 6.45) is 2.65. The van der Waals surface area contributed by atoms with E-state index >= 15 is 0 Å². The molecule has 1 saturated heterocycles. The second-order valence-corrected chi connectivity index (χ2v) is 12.0. The molecule has 0 unspecified atom stereocenters. The predicted octanol–water partition coefficient (Wildman–Crippen LogP) is 3.82. The number of imidazole rings is 1. The van der Waals surface area contributed by atoms with Crippen LogP contribution in [-0.4, -0.2) is 73.2 Å². The number of methoxy groups -OCH3 is 1. The number of carbonyl (C=O) groups excluding carboxylic acids is 2. The van der Waals surface area contributed by atoms with Crippen molar-refractivity contribution in [2.24, 2.45) is 24.4 Å². The Morgan fingerprint density at radius 2 is 1.91 bits per heavy atom. The first-order valence-corrected chi connectivity index (χ1v) is 14.8. The molecule has 45 heavy (non-hydrogen) atoms. The maximum atomic E-state index is 14.5. The van der Waals surface area contributed by atoms with E-state index in [0.29, 0.717) is 57.5 Å². The average Bonchev–Trinajstić information content (AvgIpc) is 3.68. The summed E-state index contributed by atoms with van der Waals surface area (Å²) in [6.45, 7) is 0.988. The first-order valence-electron chi connectivity index (χ1n) is 14.8. The highest BCUT2D eigenvalue weighted by molar-refractivity contribution is 6.00. The third-order valence-corrected chi connectivity index (χ3v) is 8.60. The molecule has 5 aromatic rings. The molecule has 11 nitrogen and oxygen atoms in total. The minimum Gasteiger partial charge on any atom is -0.494 e. The Labute approximate surface area is 256 Å². The number of fused-ring (bicyclic) bond motifs is 2. The lowest BCUT2D eigenvalue weighted by atomic mass is 10.0. The van der Waals surface area contributed by atoms with Crippen LogP contribution in [0, 0.1) is 11.7 Å². The molecule has 4 aromatic heterocycles. The van der Waals surface area contributed by atoms with Crippen LogP contribution in [0.5, 0.6) is 5.75 Å². The van der Waals surface area contributed by atoms with Gasteiger partial charge in [0, 0.05) is 48.9 Å². The zero-order valence-corrected chi connectivity index (χ0v) is 24.8. The van der Waals surface area contributed by atoms with Crippen LogP contribution in [0.4, 0.5) is 8.78 Å². The van der Waals surface area contributed by atoms with Crippen molar-refractivity contribution in [3.05, 3.63) is 59.7 Å². The largest absolute Gasteiger partial charge is 0.494 e.